The highest BCUT2D eigenvalue weighted by atomic mass is 79.9. The fourth-order valence-electron chi connectivity index (χ4n) is 2.26. The maximum absolute atomic E-state index is 11.3. The smallest absolute Gasteiger partial charge is 0.267 e. The first-order valence-electron chi connectivity index (χ1n) is 5.64. The van der Waals surface area contributed by atoms with Crippen LogP contribution in [0.4, 0.5) is 5.82 Å². The number of aromatic amines is 1. The largest absolute Gasteiger partial charge is 0.369 e. The monoisotopic (exact) mass is 285 g/mol. The van der Waals surface area contributed by atoms with Crippen LogP contribution in [0.1, 0.15) is 26.2 Å². The molecule has 2 atom stereocenters. The molecule has 0 bridgehead atoms. The van der Waals surface area contributed by atoms with Gasteiger partial charge in [0.1, 0.15) is 10.3 Å². The van der Waals surface area contributed by atoms with Crippen molar-refractivity contribution in [3.8, 4) is 0 Å². The number of H-pyrrole nitrogens is 1. The number of aromatic nitrogens is 2. The third-order valence-electron chi connectivity index (χ3n) is 3.16. The van der Waals surface area contributed by atoms with Crippen LogP contribution in [0.25, 0.3) is 0 Å². The van der Waals surface area contributed by atoms with E-state index < -0.39 is 0 Å². The molecule has 0 aliphatic heterocycles. The van der Waals surface area contributed by atoms with Crippen LogP contribution in [0.15, 0.2) is 15.6 Å². The van der Waals surface area contributed by atoms with Gasteiger partial charge in [-0.15, -0.1) is 0 Å². The second-order valence-corrected chi connectivity index (χ2v) is 5.35. The van der Waals surface area contributed by atoms with E-state index in [1.165, 1.54) is 25.6 Å². The normalized spacial score (nSPS) is 24.6. The number of nitrogens with one attached hydrogen (secondary N) is 2. The first kappa shape index (κ1) is 11.6. The molecule has 16 heavy (non-hydrogen) atoms. The van der Waals surface area contributed by atoms with E-state index in [1.54, 1.807) is 0 Å². The molecule has 1 aromatic heterocycles. The van der Waals surface area contributed by atoms with Crippen LogP contribution in [0.3, 0.4) is 0 Å². The highest BCUT2D eigenvalue weighted by molar-refractivity contribution is 9.10. The Morgan fingerprint density at radius 1 is 1.62 bits per heavy atom. The predicted molar refractivity (Wildman–Crippen MR) is 67.6 cm³/mol. The Morgan fingerprint density at radius 3 is 3.12 bits per heavy atom. The van der Waals surface area contributed by atoms with E-state index in [4.69, 9.17) is 0 Å². The van der Waals surface area contributed by atoms with Crippen molar-refractivity contribution in [1.82, 2.24) is 9.97 Å². The molecule has 1 heterocycles. The Bertz CT molecular complexity index is 418. The third-order valence-corrected chi connectivity index (χ3v) is 3.89. The van der Waals surface area contributed by atoms with Gasteiger partial charge < -0.3 is 10.3 Å². The highest BCUT2D eigenvalue weighted by Gasteiger charge is 2.21. The first-order valence-corrected chi connectivity index (χ1v) is 6.43. The van der Waals surface area contributed by atoms with Gasteiger partial charge in [-0.2, -0.15) is 0 Å². The quantitative estimate of drug-likeness (QED) is 0.897. The topological polar surface area (TPSA) is 57.8 Å². The fourth-order valence-corrected chi connectivity index (χ4v) is 2.61. The molecular weight excluding hydrogens is 270 g/mol. The van der Waals surface area contributed by atoms with Crippen molar-refractivity contribution in [3.05, 3.63) is 21.2 Å². The lowest BCUT2D eigenvalue weighted by Crippen LogP contribution is -2.16. The van der Waals surface area contributed by atoms with Gasteiger partial charge in [0.05, 0.1) is 6.33 Å². The molecule has 1 fully saturated rings. The molecule has 0 spiro atoms. The van der Waals surface area contributed by atoms with Gasteiger partial charge in [0, 0.05) is 6.54 Å². The average Bonchev–Trinajstić information content (AvgIpc) is 2.67. The van der Waals surface area contributed by atoms with E-state index in [0.29, 0.717) is 16.2 Å². The number of nitrogens with zero attached hydrogens (tertiary/aromatic N) is 1. The van der Waals surface area contributed by atoms with Gasteiger partial charge in [-0.3, -0.25) is 4.79 Å². The van der Waals surface area contributed by atoms with Crippen LogP contribution in [0.2, 0.25) is 0 Å². The SMILES string of the molecule is CC1CCC(CNc2nc[nH]c(=O)c2Br)C1. The second kappa shape index (κ2) is 4.99. The van der Waals surface area contributed by atoms with Gasteiger partial charge >= 0.3 is 0 Å². The third kappa shape index (κ3) is 2.64. The van der Waals surface area contributed by atoms with Crippen molar-refractivity contribution in [2.24, 2.45) is 11.8 Å². The van der Waals surface area contributed by atoms with Gasteiger partial charge in [0.25, 0.3) is 5.56 Å². The number of rotatable bonds is 3. The fraction of sp³-hybridized carbons (Fsp3) is 0.636. The van der Waals surface area contributed by atoms with Gasteiger partial charge in [-0.1, -0.05) is 13.3 Å². The van der Waals surface area contributed by atoms with E-state index in [-0.39, 0.29) is 5.56 Å². The Morgan fingerprint density at radius 2 is 2.44 bits per heavy atom. The minimum Gasteiger partial charge on any atom is -0.369 e. The van der Waals surface area contributed by atoms with E-state index in [2.05, 4.69) is 38.1 Å². The van der Waals surface area contributed by atoms with Crippen LogP contribution in [-0.2, 0) is 0 Å². The summed E-state index contributed by atoms with van der Waals surface area (Å²) in [6.07, 6.45) is 5.28. The maximum Gasteiger partial charge on any atom is 0.267 e. The minimum absolute atomic E-state index is 0.141. The van der Waals surface area contributed by atoms with Crippen molar-refractivity contribution in [2.75, 3.05) is 11.9 Å². The van der Waals surface area contributed by atoms with Crippen LogP contribution in [-0.4, -0.2) is 16.5 Å². The molecule has 0 radical (unpaired) electrons. The van der Waals surface area contributed by atoms with Gasteiger partial charge in [0.15, 0.2) is 0 Å². The molecule has 5 heteroatoms. The Kier molecular flexibility index (Phi) is 3.63. The first-order chi connectivity index (χ1) is 7.66. The summed E-state index contributed by atoms with van der Waals surface area (Å²) in [5.41, 5.74) is -0.141. The summed E-state index contributed by atoms with van der Waals surface area (Å²) in [4.78, 5) is 17.9. The summed E-state index contributed by atoms with van der Waals surface area (Å²) in [5.74, 6) is 2.19. The molecule has 2 N–H and O–H groups in total. The summed E-state index contributed by atoms with van der Waals surface area (Å²) in [7, 11) is 0. The van der Waals surface area contributed by atoms with Crippen molar-refractivity contribution < 1.29 is 0 Å². The van der Waals surface area contributed by atoms with E-state index in [9.17, 15) is 4.79 Å². The Labute approximate surface area is 103 Å². The van der Waals surface area contributed by atoms with Crippen LogP contribution >= 0.6 is 15.9 Å². The molecular formula is C11H16BrN3O. The molecule has 1 aliphatic rings. The van der Waals surface area contributed by atoms with E-state index in [0.717, 1.165) is 12.5 Å². The Balaban J connectivity index is 1.95. The van der Waals surface area contributed by atoms with Crippen molar-refractivity contribution >= 4 is 21.7 Å². The second-order valence-electron chi connectivity index (χ2n) is 4.56. The molecule has 1 saturated carbocycles. The summed E-state index contributed by atoms with van der Waals surface area (Å²) in [6, 6.07) is 0. The molecule has 1 aromatic rings. The molecule has 0 amide bonds. The van der Waals surface area contributed by atoms with Gasteiger partial charge in [-0.25, -0.2) is 4.98 Å². The molecule has 0 saturated heterocycles. The predicted octanol–water partition coefficient (Wildman–Crippen LogP) is 2.38. The lowest BCUT2D eigenvalue weighted by atomic mass is 10.1. The summed E-state index contributed by atoms with van der Waals surface area (Å²) >= 11 is 3.23. The molecule has 4 nitrogen and oxygen atoms in total. The number of hydrogen-bond donors (Lipinski definition) is 2. The zero-order valence-electron chi connectivity index (χ0n) is 9.29. The van der Waals surface area contributed by atoms with Crippen molar-refractivity contribution in [1.29, 1.82) is 0 Å². The summed E-state index contributed by atoms with van der Waals surface area (Å²) < 4.78 is 0.487. The summed E-state index contributed by atoms with van der Waals surface area (Å²) in [5, 5.41) is 3.24. The molecule has 1 aliphatic carbocycles. The standard InChI is InChI=1S/C11H16BrN3O/c1-7-2-3-8(4-7)5-13-10-9(12)11(16)15-6-14-10/h6-8H,2-5H2,1H3,(H2,13,14,15,16). The number of halogens is 1. The molecule has 2 unspecified atom stereocenters. The number of anilines is 1. The lowest BCUT2D eigenvalue weighted by Gasteiger charge is -2.11. The highest BCUT2D eigenvalue weighted by Crippen LogP contribution is 2.30. The van der Waals surface area contributed by atoms with Gasteiger partial charge in [0.2, 0.25) is 0 Å². The zero-order chi connectivity index (χ0) is 11.5. The van der Waals surface area contributed by atoms with Gasteiger partial charge in [-0.05, 0) is 40.6 Å². The number of hydrogen-bond acceptors (Lipinski definition) is 3. The molecule has 2 rings (SSSR count). The van der Waals surface area contributed by atoms with Crippen LogP contribution < -0.4 is 10.9 Å². The zero-order valence-corrected chi connectivity index (χ0v) is 10.9. The van der Waals surface area contributed by atoms with E-state index >= 15 is 0 Å². The van der Waals surface area contributed by atoms with Crippen molar-refractivity contribution in [2.45, 2.75) is 26.2 Å². The van der Waals surface area contributed by atoms with E-state index in [1.807, 2.05) is 0 Å². The molecule has 88 valence electrons. The average molecular weight is 286 g/mol. The molecule has 0 aromatic carbocycles. The van der Waals surface area contributed by atoms with Crippen LogP contribution in [0, 0.1) is 11.8 Å². The van der Waals surface area contributed by atoms with Crippen molar-refractivity contribution in [3.63, 3.8) is 0 Å². The maximum atomic E-state index is 11.3. The van der Waals surface area contributed by atoms with Crippen LogP contribution in [0.5, 0.6) is 0 Å². The summed E-state index contributed by atoms with van der Waals surface area (Å²) in [6.45, 7) is 3.20. The Hall–Kier alpha value is -0.840. The minimum atomic E-state index is -0.141. The lowest BCUT2D eigenvalue weighted by molar-refractivity contribution is 0.536.